The van der Waals surface area contributed by atoms with Crippen molar-refractivity contribution in [1.82, 2.24) is 0 Å². The first-order chi connectivity index (χ1) is 14.4. The number of benzene rings is 4. The van der Waals surface area contributed by atoms with E-state index in [9.17, 15) is 0 Å². The van der Waals surface area contributed by atoms with E-state index in [0.717, 1.165) is 17.1 Å². The van der Waals surface area contributed by atoms with E-state index in [0.29, 0.717) is 10.0 Å². The zero-order chi connectivity index (χ0) is 20.9. The predicted octanol–water partition coefficient (Wildman–Crippen LogP) is 8.77. The molecule has 0 amide bonds. The molecular formula is C27H21Cl2N. The van der Waals surface area contributed by atoms with Gasteiger partial charge in [-0.2, -0.15) is 0 Å². The molecule has 1 nitrogen and oxygen atoms in total. The topological polar surface area (TPSA) is 3.24 Å². The van der Waals surface area contributed by atoms with Gasteiger partial charge < -0.3 is 4.90 Å². The summed E-state index contributed by atoms with van der Waals surface area (Å²) in [7, 11) is 0. The van der Waals surface area contributed by atoms with Crippen LogP contribution in [0.2, 0.25) is 10.0 Å². The lowest BCUT2D eigenvalue weighted by atomic mass is 9.82. The van der Waals surface area contributed by atoms with Crippen molar-refractivity contribution in [2.75, 3.05) is 4.90 Å². The van der Waals surface area contributed by atoms with Crippen molar-refractivity contribution in [3.63, 3.8) is 0 Å². The molecule has 0 unspecified atom stereocenters. The molecule has 0 N–H and O–H groups in total. The van der Waals surface area contributed by atoms with Gasteiger partial charge >= 0.3 is 0 Å². The van der Waals surface area contributed by atoms with E-state index in [1.54, 1.807) is 0 Å². The van der Waals surface area contributed by atoms with E-state index in [4.69, 9.17) is 23.2 Å². The van der Waals surface area contributed by atoms with Gasteiger partial charge in [0.05, 0.1) is 0 Å². The maximum atomic E-state index is 6.34. The van der Waals surface area contributed by atoms with Gasteiger partial charge in [0.1, 0.15) is 0 Å². The van der Waals surface area contributed by atoms with Gasteiger partial charge in [-0.15, -0.1) is 0 Å². The molecule has 0 saturated heterocycles. The van der Waals surface area contributed by atoms with Crippen LogP contribution >= 0.6 is 23.2 Å². The fraction of sp³-hybridized carbons (Fsp3) is 0.111. The highest BCUT2D eigenvalue weighted by Gasteiger charge is 2.35. The SMILES string of the molecule is CC1(C)c2ccccc2-c2ccc(N(c3cccc(Cl)c3)c3cccc(Cl)c3)cc21. The molecule has 0 bridgehead atoms. The van der Waals surface area contributed by atoms with E-state index in [-0.39, 0.29) is 5.41 Å². The predicted molar refractivity (Wildman–Crippen MR) is 129 cm³/mol. The third kappa shape index (κ3) is 3.10. The molecule has 4 aromatic carbocycles. The van der Waals surface area contributed by atoms with Crippen LogP contribution in [0.3, 0.4) is 0 Å². The highest BCUT2D eigenvalue weighted by Crippen LogP contribution is 2.50. The zero-order valence-corrected chi connectivity index (χ0v) is 18.4. The number of hydrogen-bond acceptors (Lipinski definition) is 1. The minimum absolute atomic E-state index is 0.0593. The van der Waals surface area contributed by atoms with Crippen molar-refractivity contribution in [3.8, 4) is 11.1 Å². The largest absolute Gasteiger partial charge is 0.310 e. The normalized spacial score (nSPS) is 13.6. The van der Waals surface area contributed by atoms with Gasteiger partial charge in [0.2, 0.25) is 0 Å². The van der Waals surface area contributed by atoms with Crippen molar-refractivity contribution in [2.45, 2.75) is 19.3 Å². The van der Waals surface area contributed by atoms with Crippen LogP contribution in [0, 0.1) is 0 Å². The van der Waals surface area contributed by atoms with Gasteiger partial charge in [0.15, 0.2) is 0 Å². The van der Waals surface area contributed by atoms with Gasteiger partial charge in [-0.25, -0.2) is 0 Å². The molecule has 1 aliphatic rings. The number of rotatable bonds is 3. The number of nitrogens with zero attached hydrogens (tertiary/aromatic N) is 1. The second-order valence-electron chi connectivity index (χ2n) is 8.20. The molecule has 1 aliphatic carbocycles. The molecule has 3 heteroatoms. The molecule has 30 heavy (non-hydrogen) atoms. The first-order valence-corrected chi connectivity index (χ1v) is 10.8. The van der Waals surface area contributed by atoms with E-state index < -0.39 is 0 Å². The average molecular weight is 430 g/mol. The maximum Gasteiger partial charge on any atom is 0.0476 e. The van der Waals surface area contributed by atoms with Crippen LogP contribution in [0.25, 0.3) is 11.1 Å². The first kappa shape index (κ1) is 19.2. The minimum Gasteiger partial charge on any atom is -0.310 e. The van der Waals surface area contributed by atoms with Crippen molar-refractivity contribution in [2.24, 2.45) is 0 Å². The third-order valence-corrected chi connectivity index (χ3v) is 6.43. The monoisotopic (exact) mass is 429 g/mol. The van der Waals surface area contributed by atoms with Crippen LogP contribution < -0.4 is 4.90 Å². The van der Waals surface area contributed by atoms with Gasteiger partial charge in [-0.05, 0) is 70.8 Å². The van der Waals surface area contributed by atoms with Crippen molar-refractivity contribution >= 4 is 40.3 Å². The summed E-state index contributed by atoms with van der Waals surface area (Å²) in [6.45, 7) is 4.59. The number of halogens is 2. The van der Waals surface area contributed by atoms with E-state index in [1.165, 1.54) is 22.3 Å². The Hall–Kier alpha value is -2.74. The van der Waals surface area contributed by atoms with Crippen LogP contribution in [0.15, 0.2) is 91.0 Å². The number of fused-ring (bicyclic) bond motifs is 3. The second-order valence-corrected chi connectivity index (χ2v) is 9.07. The Morgan fingerprint density at radius 2 is 1.13 bits per heavy atom. The summed E-state index contributed by atoms with van der Waals surface area (Å²) in [5, 5.41) is 1.40. The Morgan fingerprint density at radius 1 is 0.567 bits per heavy atom. The fourth-order valence-electron chi connectivity index (χ4n) is 4.51. The highest BCUT2D eigenvalue weighted by molar-refractivity contribution is 6.31. The molecule has 0 heterocycles. The van der Waals surface area contributed by atoms with Crippen molar-refractivity contribution in [1.29, 1.82) is 0 Å². The number of hydrogen-bond donors (Lipinski definition) is 0. The van der Waals surface area contributed by atoms with Gasteiger partial charge in [-0.3, -0.25) is 0 Å². The van der Waals surface area contributed by atoms with Crippen LogP contribution in [-0.4, -0.2) is 0 Å². The van der Waals surface area contributed by atoms with E-state index >= 15 is 0 Å². The lowest BCUT2D eigenvalue weighted by Gasteiger charge is -2.28. The van der Waals surface area contributed by atoms with Gasteiger partial charge in [0, 0.05) is 32.5 Å². The number of anilines is 3. The summed E-state index contributed by atoms with van der Waals surface area (Å²) in [6, 6.07) is 31.2. The Labute approximate surface area is 187 Å². The molecule has 4 aromatic rings. The Balaban J connectivity index is 1.71. The van der Waals surface area contributed by atoms with Crippen LogP contribution in [0.1, 0.15) is 25.0 Å². The molecule has 0 aliphatic heterocycles. The minimum atomic E-state index is -0.0593. The van der Waals surface area contributed by atoms with Crippen LogP contribution in [0.5, 0.6) is 0 Å². The van der Waals surface area contributed by atoms with Crippen LogP contribution in [-0.2, 0) is 5.41 Å². The molecule has 0 fully saturated rings. The average Bonchev–Trinajstić information content (AvgIpc) is 2.96. The quantitative estimate of drug-likeness (QED) is 0.314. The molecule has 0 radical (unpaired) electrons. The third-order valence-electron chi connectivity index (χ3n) is 5.96. The lowest BCUT2D eigenvalue weighted by molar-refractivity contribution is 0.660. The van der Waals surface area contributed by atoms with E-state index in [2.05, 4.69) is 73.3 Å². The smallest absolute Gasteiger partial charge is 0.0476 e. The summed E-state index contributed by atoms with van der Waals surface area (Å²) in [4.78, 5) is 2.21. The van der Waals surface area contributed by atoms with Gasteiger partial charge in [-0.1, -0.05) is 79.5 Å². The molecular weight excluding hydrogens is 409 g/mol. The molecule has 0 aromatic heterocycles. The van der Waals surface area contributed by atoms with Gasteiger partial charge in [0.25, 0.3) is 0 Å². The summed E-state index contributed by atoms with van der Waals surface area (Å²) in [5.41, 5.74) is 8.34. The summed E-state index contributed by atoms with van der Waals surface area (Å²) < 4.78 is 0. The molecule has 0 spiro atoms. The summed E-state index contributed by atoms with van der Waals surface area (Å²) in [6.07, 6.45) is 0. The summed E-state index contributed by atoms with van der Waals surface area (Å²) in [5.74, 6) is 0. The zero-order valence-electron chi connectivity index (χ0n) is 16.9. The second kappa shape index (κ2) is 7.19. The molecule has 5 rings (SSSR count). The Morgan fingerprint density at radius 3 is 1.77 bits per heavy atom. The molecule has 0 saturated carbocycles. The van der Waals surface area contributed by atoms with E-state index in [1.807, 2.05) is 36.4 Å². The fourth-order valence-corrected chi connectivity index (χ4v) is 4.88. The Kier molecular flexibility index (Phi) is 4.61. The van der Waals surface area contributed by atoms with Crippen molar-refractivity contribution in [3.05, 3.63) is 112 Å². The van der Waals surface area contributed by atoms with Crippen molar-refractivity contribution < 1.29 is 0 Å². The Bertz CT molecular complexity index is 1210. The van der Waals surface area contributed by atoms with Crippen LogP contribution in [0.4, 0.5) is 17.1 Å². The molecule has 0 atom stereocenters. The highest BCUT2D eigenvalue weighted by atomic mass is 35.5. The maximum absolute atomic E-state index is 6.34. The lowest BCUT2D eigenvalue weighted by Crippen LogP contribution is -2.16. The standard InChI is InChI=1S/C27H21Cl2N/c1-27(2)25-12-4-3-11-23(25)24-14-13-22(17-26(24)27)30(20-9-5-7-18(28)15-20)21-10-6-8-19(29)16-21/h3-17H,1-2H3. The summed E-state index contributed by atoms with van der Waals surface area (Å²) >= 11 is 12.7. The molecule has 148 valence electrons. The first-order valence-electron chi connectivity index (χ1n) is 10.0.